The standard InChI is InChI=1S/C29H40N4O4/c1-5-8-9-13-17-24(34)33-19-18-32(20-21(33)4)28(35)26-25(29(36)37-7-3)23(14-6-2)30-27(31-26)22-15-11-10-12-16-22/h10-12,15-16,21H,5-9,13-14,17-20H2,1-4H3. The summed E-state index contributed by atoms with van der Waals surface area (Å²) in [5.41, 5.74) is 1.51. The number of esters is 1. The lowest BCUT2D eigenvalue weighted by molar-refractivity contribution is -0.135. The van der Waals surface area contributed by atoms with Gasteiger partial charge in [0.05, 0.1) is 12.3 Å². The average Bonchev–Trinajstić information content (AvgIpc) is 2.91. The predicted octanol–water partition coefficient (Wildman–Crippen LogP) is 4.92. The van der Waals surface area contributed by atoms with E-state index in [4.69, 9.17) is 4.74 Å². The molecular formula is C29H40N4O4. The van der Waals surface area contributed by atoms with Crippen LogP contribution in [0.1, 0.15) is 92.8 Å². The number of unbranched alkanes of at least 4 members (excludes halogenated alkanes) is 3. The predicted molar refractivity (Wildman–Crippen MR) is 143 cm³/mol. The summed E-state index contributed by atoms with van der Waals surface area (Å²) in [5, 5.41) is 0. The van der Waals surface area contributed by atoms with Crippen molar-refractivity contribution in [3.8, 4) is 11.4 Å². The first-order chi connectivity index (χ1) is 17.9. The molecule has 1 aliphatic heterocycles. The van der Waals surface area contributed by atoms with Crippen molar-refractivity contribution in [1.29, 1.82) is 0 Å². The van der Waals surface area contributed by atoms with Crippen LogP contribution in [0.5, 0.6) is 0 Å². The van der Waals surface area contributed by atoms with Crippen LogP contribution in [0.4, 0.5) is 0 Å². The minimum absolute atomic E-state index is 0.0716. The normalized spacial score (nSPS) is 15.5. The van der Waals surface area contributed by atoms with E-state index in [2.05, 4.69) is 16.9 Å². The number of piperazine rings is 1. The molecule has 8 nitrogen and oxygen atoms in total. The minimum atomic E-state index is -0.581. The van der Waals surface area contributed by atoms with Gasteiger partial charge in [-0.2, -0.15) is 0 Å². The quantitative estimate of drug-likeness (QED) is 0.316. The molecule has 0 aliphatic carbocycles. The lowest BCUT2D eigenvalue weighted by Crippen LogP contribution is -2.55. The lowest BCUT2D eigenvalue weighted by atomic mass is 10.0. The first kappa shape index (κ1) is 28.3. The van der Waals surface area contributed by atoms with Crippen molar-refractivity contribution < 1.29 is 19.1 Å². The average molecular weight is 509 g/mol. The van der Waals surface area contributed by atoms with Gasteiger partial charge in [-0.25, -0.2) is 14.8 Å². The number of carbonyl (C=O) groups is 3. The highest BCUT2D eigenvalue weighted by Crippen LogP contribution is 2.24. The monoisotopic (exact) mass is 508 g/mol. The van der Waals surface area contributed by atoms with Crippen LogP contribution in [0.15, 0.2) is 30.3 Å². The van der Waals surface area contributed by atoms with Crippen molar-refractivity contribution in [2.75, 3.05) is 26.2 Å². The molecule has 1 fully saturated rings. The molecule has 1 aromatic carbocycles. The van der Waals surface area contributed by atoms with Crippen LogP contribution in [-0.4, -0.2) is 69.8 Å². The van der Waals surface area contributed by atoms with Crippen molar-refractivity contribution in [3.05, 3.63) is 47.3 Å². The molecule has 3 rings (SSSR count). The maximum Gasteiger partial charge on any atom is 0.342 e. The van der Waals surface area contributed by atoms with E-state index in [0.29, 0.717) is 44.0 Å². The van der Waals surface area contributed by atoms with Gasteiger partial charge < -0.3 is 14.5 Å². The smallest absolute Gasteiger partial charge is 0.342 e. The zero-order chi connectivity index (χ0) is 26.8. The molecule has 2 aromatic rings. The number of hydrogen-bond donors (Lipinski definition) is 0. The molecule has 200 valence electrons. The number of ether oxygens (including phenoxy) is 1. The summed E-state index contributed by atoms with van der Waals surface area (Å²) in [6, 6.07) is 9.33. The van der Waals surface area contributed by atoms with Crippen LogP contribution in [0.2, 0.25) is 0 Å². The number of carbonyl (C=O) groups excluding carboxylic acids is 3. The van der Waals surface area contributed by atoms with Gasteiger partial charge in [-0.15, -0.1) is 0 Å². The van der Waals surface area contributed by atoms with Crippen molar-refractivity contribution in [2.24, 2.45) is 0 Å². The molecule has 2 heterocycles. The Kier molecular flexibility index (Phi) is 10.6. The van der Waals surface area contributed by atoms with Crippen LogP contribution in [0.3, 0.4) is 0 Å². The van der Waals surface area contributed by atoms with Crippen molar-refractivity contribution in [2.45, 2.75) is 78.7 Å². The summed E-state index contributed by atoms with van der Waals surface area (Å²) in [4.78, 5) is 52.5. The third kappa shape index (κ3) is 7.14. The summed E-state index contributed by atoms with van der Waals surface area (Å²) in [6.45, 7) is 9.28. The van der Waals surface area contributed by atoms with Gasteiger partial charge in [-0.3, -0.25) is 9.59 Å². The summed E-state index contributed by atoms with van der Waals surface area (Å²) in [7, 11) is 0. The zero-order valence-electron chi connectivity index (χ0n) is 22.7. The molecule has 1 unspecified atom stereocenters. The van der Waals surface area contributed by atoms with Gasteiger partial charge in [0.25, 0.3) is 5.91 Å². The number of nitrogens with zero attached hydrogens (tertiary/aromatic N) is 4. The van der Waals surface area contributed by atoms with E-state index in [1.807, 2.05) is 49.1 Å². The maximum absolute atomic E-state index is 13.9. The fraction of sp³-hybridized carbons (Fsp3) is 0.552. The Balaban J connectivity index is 1.89. The summed E-state index contributed by atoms with van der Waals surface area (Å²) in [6.07, 6.45) is 6.03. The van der Waals surface area contributed by atoms with Crippen molar-refractivity contribution in [1.82, 2.24) is 19.8 Å². The Labute approximate surface area is 220 Å². The first-order valence-electron chi connectivity index (χ1n) is 13.6. The molecule has 0 radical (unpaired) electrons. The fourth-order valence-corrected chi connectivity index (χ4v) is 4.72. The third-order valence-electron chi connectivity index (χ3n) is 6.66. The van der Waals surface area contributed by atoms with E-state index in [1.54, 1.807) is 11.8 Å². The molecule has 1 atom stereocenters. The van der Waals surface area contributed by atoms with E-state index in [0.717, 1.165) is 37.7 Å². The number of amides is 2. The Morgan fingerprint density at radius 2 is 1.73 bits per heavy atom. The number of hydrogen-bond acceptors (Lipinski definition) is 6. The van der Waals surface area contributed by atoms with Crippen molar-refractivity contribution in [3.63, 3.8) is 0 Å². The Hall–Kier alpha value is -3.29. The molecule has 8 heteroatoms. The minimum Gasteiger partial charge on any atom is -0.462 e. The van der Waals surface area contributed by atoms with Gasteiger partial charge >= 0.3 is 5.97 Å². The zero-order valence-corrected chi connectivity index (χ0v) is 22.7. The highest BCUT2D eigenvalue weighted by atomic mass is 16.5. The molecule has 0 N–H and O–H groups in total. The summed E-state index contributed by atoms with van der Waals surface area (Å²) in [5.74, 6) is -0.360. The van der Waals surface area contributed by atoms with Crippen LogP contribution < -0.4 is 0 Å². The Bertz CT molecular complexity index is 1070. The molecule has 1 saturated heterocycles. The van der Waals surface area contributed by atoms with Gasteiger partial charge in [-0.1, -0.05) is 69.9 Å². The van der Waals surface area contributed by atoms with Crippen LogP contribution in [0, 0.1) is 0 Å². The van der Waals surface area contributed by atoms with Gasteiger partial charge in [-0.05, 0) is 26.7 Å². The molecule has 0 bridgehead atoms. The molecule has 1 aromatic heterocycles. The second kappa shape index (κ2) is 13.9. The van der Waals surface area contributed by atoms with Gasteiger partial charge in [0.15, 0.2) is 5.82 Å². The molecule has 0 saturated carbocycles. The van der Waals surface area contributed by atoms with E-state index in [9.17, 15) is 14.4 Å². The third-order valence-corrected chi connectivity index (χ3v) is 6.66. The van der Waals surface area contributed by atoms with Crippen molar-refractivity contribution >= 4 is 17.8 Å². The van der Waals surface area contributed by atoms with Gasteiger partial charge in [0, 0.05) is 37.7 Å². The number of aromatic nitrogens is 2. The molecular weight excluding hydrogens is 468 g/mol. The highest BCUT2D eigenvalue weighted by Gasteiger charge is 2.34. The maximum atomic E-state index is 13.9. The number of benzene rings is 1. The fourth-order valence-electron chi connectivity index (χ4n) is 4.72. The van der Waals surface area contributed by atoms with Gasteiger partial charge in [0.1, 0.15) is 11.3 Å². The van der Waals surface area contributed by atoms with Crippen LogP contribution in [-0.2, 0) is 16.0 Å². The Morgan fingerprint density at radius 3 is 2.38 bits per heavy atom. The van der Waals surface area contributed by atoms with E-state index in [-0.39, 0.29) is 35.7 Å². The molecule has 1 aliphatic rings. The lowest BCUT2D eigenvalue weighted by Gasteiger charge is -2.40. The molecule has 2 amide bonds. The first-order valence-corrected chi connectivity index (χ1v) is 13.6. The van der Waals surface area contributed by atoms with Gasteiger partial charge in [0.2, 0.25) is 5.91 Å². The summed E-state index contributed by atoms with van der Waals surface area (Å²) < 4.78 is 5.32. The SMILES string of the molecule is CCCCCCC(=O)N1CCN(C(=O)c2nc(-c3ccccc3)nc(CCC)c2C(=O)OCC)CC1C. The molecule has 37 heavy (non-hydrogen) atoms. The van der Waals surface area contributed by atoms with E-state index in [1.165, 1.54) is 0 Å². The second-order valence-corrected chi connectivity index (χ2v) is 9.55. The number of aryl methyl sites for hydroxylation is 1. The van der Waals surface area contributed by atoms with E-state index < -0.39 is 5.97 Å². The van der Waals surface area contributed by atoms with Crippen LogP contribution in [0.25, 0.3) is 11.4 Å². The topological polar surface area (TPSA) is 92.7 Å². The number of rotatable bonds is 11. The summed E-state index contributed by atoms with van der Waals surface area (Å²) >= 11 is 0. The van der Waals surface area contributed by atoms with E-state index >= 15 is 0 Å². The largest absolute Gasteiger partial charge is 0.462 e. The molecule has 0 spiro atoms. The van der Waals surface area contributed by atoms with Crippen LogP contribution >= 0.6 is 0 Å². The Morgan fingerprint density at radius 1 is 0.973 bits per heavy atom. The second-order valence-electron chi connectivity index (χ2n) is 9.55. The highest BCUT2D eigenvalue weighted by molar-refractivity contribution is 6.05.